The first-order chi connectivity index (χ1) is 11.7. The Bertz CT molecular complexity index is 678. The summed E-state index contributed by atoms with van der Waals surface area (Å²) in [5.41, 5.74) is 3.33. The minimum absolute atomic E-state index is 0.0345. The van der Waals surface area contributed by atoms with Crippen molar-refractivity contribution in [1.29, 1.82) is 0 Å². The van der Waals surface area contributed by atoms with Crippen LogP contribution < -0.4 is 10.2 Å². The molecule has 0 aliphatic carbocycles. The fourth-order valence-electron chi connectivity index (χ4n) is 2.96. The van der Waals surface area contributed by atoms with Crippen molar-refractivity contribution in [2.24, 2.45) is 0 Å². The second-order valence-electron chi connectivity index (χ2n) is 6.25. The Hall–Kier alpha value is -1.94. The number of amides is 1. The summed E-state index contributed by atoms with van der Waals surface area (Å²) >= 11 is 1.57. The van der Waals surface area contributed by atoms with Crippen molar-refractivity contribution in [2.45, 2.75) is 31.1 Å². The topological polar surface area (TPSA) is 32.3 Å². The number of hydrogen-bond acceptors (Lipinski definition) is 3. The number of carbonyl (C=O) groups excluding carboxylic acids is 1. The fraction of sp³-hybridized carbons (Fsp3) is 0.350. The molecule has 0 saturated carbocycles. The molecular formula is C20H24N2OS. The van der Waals surface area contributed by atoms with Crippen molar-refractivity contribution in [2.75, 3.05) is 29.1 Å². The molecule has 0 bridgehead atoms. The number of rotatable bonds is 5. The van der Waals surface area contributed by atoms with Gasteiger partial charge < -0.3 is 10.2 Å². The third kappa shape index (κ3) is 4.78. The van der Waals surface area contributed by atoms with Crippen LogP contribution in [-0.4, -0.2) is 24.7 Å². The highest BCUT2D eigenvalue weighted by Crippen LogP contribution is 2.23. The van der Waals surface area contributed by atoms with Gasteiger partial charge in [-0.1, -0.05) is 17.7 Å². The predicted octanol–water partition coefficient (Wildman–Crippen LogP) is 4.72. The zero-order chi connectivity index (χ0) is 16.8. The molecule has 3 rings (SSSR count). The first-order valence-corrected chi connectivity index (χ1v) is 9.53. The third-order valence-electron chi connectivity index (χ3n) is 4.23. The maximum atomic E-state index is 12.1. The largest absolute Gasteiger partial charge is 0.372 e. The number of thioether (sulfide) groups is 1. The van der Waals surface area contributed by atoms with Gasteiger partial charge >= 0.3 is 0 Å². The van der Waals surface area contributed by atoms with Crippen LogP contribution in [0.5, 0.6) is 0 Å². The number of hydrogen-bond donors (Lipinski definition) is 1. The lowest BCUT2D eigenvalue weighted by Crippen LogP contribution is -2.29. The molecule has 126 valence electrons. The van der Waals surface area contributed by atoms with Gasteiger partial charge in [-0.3, -0.25) is 4.79 Å². The van der Waals surface area contributed by atoms with Crippen LogP contribution in [0.2, 0.25) is 0 Å². The smallest absolute Gasteiger partial charge is 0.234 e. The van der Waals surface area contributed by atoms with E-state index < -0.39 is 0 Å². The Labute approximate surface area is 148 Å². The second-order valence-corrected chi connectivity index (χ2v) is 7.30. The second kappa shape index (κ2) is 8.25. The van der Waals surface area contributed by atoms with E-state index in [0.717, 1.165) is 23.7 Å². The number of carbonyl (C=O) groups is 1. The highest BCUT2D eigenvalue weighted by Gasteiger charge is 2.11. The summed E-state index contributed by atoms with van der Waals surface area (Å²) in [5.74, 6) is 0.462. The minimum atomic E-state index is 0.0345. The predicted molar refractivity (Wildman–Crippen MR) is 103 cm³/mol. The number of aryl methyl sites for hydroxylation is 1. The van der Waals surface area contributed by atoms with E-state index in [4.69, 9.17) is 0 Å². The molecule has 1 aliphatic rings. The minimum Gasteiger partial charge on any atom is -0.372 e. The average molecular weight is 340 g/mol. The first-order valence-electron chi connectivity index (χ1n) is 8.55. The van der Waals surface area contributed by atoms with Crippen molar-refractivity contribution < 1.29 is 4.79 Å². The Balaban J connectivity index is 1.50. The third-order valence-corrected chi connectivity index (χ3v) is 5.23. The van der Waals surface area contributed by atoms with E-state index in [1.165, 1.54) is 30.5 Å². The molecule has 0 atom stereocenters. The SMILES string of the molecule is Cc1cccc(SCC(=O)Nc2ccc(N3CCCCC3)cc2)c1. The van der Waals surface area contributed by atoms with Crippen LogP contribution in [-0.2, 0) is 4.79 Å². The molecule has 1 aliphatic heterocycles. The van der Waals surface area contributed by atoms with Gasteiger partial charge in [0.1, 0.15) is 0 Å². The Morgan fingerprint density at radius 3 is 2.54 bits per heavy atom. The summed E-state index contributed by atoms with van der Waals surface area (Å²) in [7, 11) is 0. The molecule has 1 saturated heterocycles. The number of benzene rings is 2. The van der Waals surface area contributed by atoms with Crippen LogP contribution in [0.25, 0.3) is 0 Å². The summed E-state index contributed by atoms with van der Waals surface area (Å²) in [6, 6.07) is 16.4. The molecule has 0 aromatic heterocycles. The molecule has 1 amide bonds. The van der Waals surface area contributed by atoms with E-state index in [9.17, 15) is 4.79 Å². The van der Waals surface area contributed by atoms with Gasteiger partial charge in [-0.2, -0.15) is 0 Å². The summed E-state index contributed by atoms with van der Waals surface area (Å²) in [6.07, 6.45) is 3.88. The molecule has 24 heavy (non-hydrogen) atoms. The molecule has 0 unspecified atom stereocenters. The van der Waals surface area contributed by atoms with E-state index in [1.54, 1.807) is 11.8 Å². The van der Waals surface area contributed by atoms with E-state index in [1.807, 2.05) is 24.3 Å². The van der Waals surface area contributed by atoms with Crippen molar-refractivity contribution in [1.82, 2.24) is 0 Å². The van der Waals surface area contributed by atoms with E-state index in [2.05, 4.69) is 41.4 Å². The van der Waals surface area contributed by atoms with Crippen molar-refractivity contribution in [3.63, 3.8) is 0 Å². The van der Waals surface area contributed by atoms with Crippen LogP contribution in [0.1, 0.15) is 24.8 Å². The van der Waals surface area contributed by atoms with Gasteiger partial charge in [0, 0.05) is 29.4 Å². The normalized spacial score (nSPS) is 14.5. The van der Waals surface area contributed by atoms with E-state index >= 15 is 0 Å². The van der Waals surface area contributed by atoms with Crippen LogP contribution >= 0.6 is 11.8 Å². The molecular weight excluding hydrogens is 316 g/mol. The standard InChI is InChI=1S/C20H24N2OS/c1-16-6-5-7-19(14-16)24-15-20(23)21-17-8-10-18(11-9-17)22-12-3-2-4-13-22/h5-11,14H,2-4,12-13,15H2,1H3,(H,21,23). The summed E-state index contributed by atoms with van der Waals surface area (Å²) < 4.78 is 0. The van der Waals surface area contributed by atoms with Gasteiger partial charge in [0.2, 0.25) is 5.91 Å². The van der Waals surface area contributed by atoms with E-state index in [-0.39, 0.29) is 5.91 Å². The lowest BCUT2D eigenvalue weighted by atomic mass is 10.1. The zero-order valence-electron chi connectivity index (χ0n) is 14.1. The molecule has 3 nitrogen and oxygen atoms in total. The number of nitrogens with one attached hydrogen (secondary N) is 1. The number of anilines is 2. The van der Waals surface area contributed by atoms with Crippen LogP contribution in [0.15, 0.2) is 53.4 Å². The Kier molecular flexibility index (Phi) is 5.81. The molecule has 0 radical (unpaired) electrons. The molecule has 2 aromatic carbocycles. The molecule has 2 aromatic rings. The highest BCUT2D eigenvalue weighted by atomic mass is 32.2. The number of piperidine rings is 1. The summed E-state index contributed by atoms with van der Waals surface area (Å²) in [6.45, 7) is 4.34. The lowest BCUT2D eigenvalue weighted by molar-refractivity contribution is -0.113. The molecule has 1 fully saturated rings. The highest BCUT2D eigenvalue weighted by molar-refractivity contribution is 8.00. The van der Waals surface area contributed by atoms with E-state index in [0.29, 0.717) is 5.75 Å². The average Bonchev–Trinajstić information content (AvgIpc) is 2.61. The molecule has 4 heteroatoms. The quantitative estimate of drug-likeness (QED) is 0.800. The first kappa shape index (κ1) is 16.9. The zero-order valence-corrected chi connectivity index (χ0v) is 14.9. The fourth-order valence-corrected chi connectivity index (χ4v) is 3.77. The Morgan fingerprint density at radius 1 is 1.08 bits per heavy atom. The van der Waals surface area contributed by atoms with Gasteiger partial charge in [-0.05, 0) is 62.6 Å². The monoisotopic (exact) mass is 340 g/mol. The lowest BCUT2D eigenvalue weighted by Gasteiger charge is -2.28. The maximum Gasteiger partial charge on any atom is 0.234 e. The van der Waals surface area contributed by atoms with Gasteiger partial charge in [0.25, 0.3) is 0 Å². The van der Waals surface area contributed by atoms with Crippen molar-refractivity contribution >= 4 is 29.0 Å². The van der Waals surface area contributed by atoms with Crippen molar-refractivity contribution in [3.05, 3.63) is 54.1 Å². The van der Waals surface area contributed by atoms with Crippen LogP contribution in [0, 0.1) is 6.92 Å². The number of nitrogens with zero attached hydrogens (tertiary/aromatic N) is 1. The van der Waals surface area contributed by atoms with Crippen LogP contribution in [0.4, 0.5) is 11.4 Å². The Morgan fingerprint density at radius 2 is 1.83 bits per heavy atom. The van der Waals surface area contributed by atoms with Gasteiger partial charge in [-0.15, -0.1) is 11.8 Å². The molecule has 1 heterocycles. The van der Waals surface area contributed by atoms with Gasteiger partial charge in [0.05, 0.1) is 5.75 Å². The van der Waals surface area contributed by atoms with Crippen LogP contribution in [0.3, 0.4) is 0 Å². The summed E-state index contributed by atoms with van der Waals surface area (Å²) in [5, 5.41) is 2.98. The van der Waals surface area contributed by atoms with Gasteiger partial charge in [0.15, 0.2) is 0 Å². The molecule has 0 spiro atoms. The summed E-state index contributed by atoms with van der Waals surface area (Å²) in [4.78, 5) is 15.7. The maximum absolute atomic E-state index is 12.1. The van der Waals surface area contributed by atoms with Crippen molar-refractivity contribution in [3.8, 4) is 0 Å². The molecule has 1 N–H and O–H groups in total. The van der Waals surface area contributed by atoms with Gasteiger partial charge in [-0.25, -0.2) is 0 Å².